The Kier molecular flexibility index (Phi) is 3.31. The van der Waals surface area contributed by atoms with Crippen molar-refractivity contribution in [2.24, 2.45) is 5.73 Å². The lowest BCUT2D eigenvalue weighted by molar-refractivity contribution is 0.1000. The summed E-state index contributed by atoms with van der Waals surface area (Å²) in [6.45, 7) is 2.52. The minimum absolute atomic E-state index is 0.409. The molecule has 1 aromatic carbocycles. The van der Waals surface area contributed by atoms with Crippen LogP contribution in [0.1, 0.15) is 21.5 Å². The minimum atomic E-state index is -0.409. The summed E-state index contributed by atoms with van der Waals surface area (Å²) in [4.78, 5) is 18.7. The number of primary amides is 1. The number of hydrogen-bond acceptors (Lipinski definition) is 3. The maximum Gasteiger partial charge on any atom is 0.249 e. The quantitative estimate of drug-likeness (QED) is 0.686. The number of nitrogens with zero attached hydrogens (tertiary/aromatic N) is 1. The smallest absolute Gasteiger partial charge is 0.249 e. The molecule has 1 amide bonds. The number of nitrogens with two attached hydrogens (primary N) is 1. The lowest BCUT2D eigenvalue weighted by atomic mass is 10.1. The van der Waals surface area contributed by atoms with Gasteiger partial charge >= 0.3 is 0 Å². The van der Waals surface area contributed by atoms with E-state index in [0.717, 1.165) is 27.8 Å². The first kappa shape index (κ1) is 13.2. The standard InChI is InChI=1S/C16H16N4O/c1-10-2-3-12(8-14(10)15(17)21)20-9-11-4-6-18-16-13(11)5-7-19-16/h2-8,20H,9H2,1H3,(H2,17,21)(H,18,19). The molecule has 3 rings (SSSR count). The maximum absolute atomic E-state index is 11.4. The average molecular weight is 280 g/mol. The number of hydrogen-bond donors (Lipinski definition) is 3. The second-order valence-corrected chi connectivity index (χ2v) is 4.96. The predicted molar refractivity (Wildman–Crippen MR) is 83.1 cm³/mol. The Hall–Kier alpha value is -2.82. The molecule has 3 aromatic rings. The summed E-state index contributed by atoms with van der Waals surface area (Å²) in [5.41, 5.74) is 9.68. The van der Waals surface area contributed by atoms with E-state index in [1.165, 1.54) is 0 Å². The first-order valence-corrected chi connectivity index (χ1v) is 6.70. The Morgan fingerprint density at radius 1 is 1.33 bits per heavy atom. The third kappa shape index (κ3) is 2.58. The number of carbonyl (C=O) groups is 1. The van der Waals surface area contributed by atoms with Crippen molar-refractivity contribution in [3.05, 3.63) is 59.4 Å². The molecular weight excluding hydrogens is 264 g/mol. The summed E-state index contributed by atoms with van der Waals surface area (Å²) in [7, 11) is 0. The molecule has 5 heteroatoms. The van der Waals surface area contributed by atoms with Gasteiger partial charge in [-0.3, -0.25) is 4.79 Å². The zero-order chi connectivity index (χ0) is 14.8. The van der Waals surface area contributed by atoms with Crippen molar-refractivity contribution in [3.8, 4) is 0 Å². The Bertz CT molecular complexity index is 807. The summed E-state index contributed by atoms with van der Waals surface area (Å²) in [5, 5.41) is 4.41. The summed E-state index contributed by atoms with van der Waals surface area (Å²) in [5.74, 6) is -0.409. The highest BCUT2D eigenvalue weighted by atomic mass is 16.1. The number of H-pyrrole nitrogens is 1. The molecule has 0 saturated carbocycles. The second-order valence-electron chi connectivity index (χ2n) is 4.96. The number of aromatic amines is 1. The zero-order valence-electron chi connectivity index (χ0n) is 11.7. The molecule has 0 radical (unpaired) electrons. The Labute approximate surface area is 122 Å². The molecule has 0 bridgehead atoms. The third-order valence-corrected chi connectivity index (χ3v) is 3.54. The van der Waals surface area contributed by atoms with Crippen LogP contribution in [0, 0.1) is 6.92 Å². The van der Waals surface area contributed by atoms with Crippen molar-refractivity contribution in [3.63, 3.8) is 0 Å². The van der Waals surface area contributed by atoms with Gasteiger partial charge in [-0.2, -0.15) is 0 Å². The molecule has 0 aliphatic rings. The fourth-order valence-corrected chi connectivity index (χ4v) is 2.37. The van der Waals surface area contributed by atoms with E-state index in [1.54, 1.807) is 12.3 Å². The molecule has 5 nitrogen and oxygen atoms in total. The van der Waals surface area contributed by atoms with Crippen LogP contribution in [0.2, 0.25) is 0 Å². The number of benzene rings is 1. The number of pyridine rings is 1. The Morgan fingerprint density at radius 2 is 2.19 bits per heavy atom. The fraction of sp³-hybridized carbons (Fsp3) is 0.125. The van der Waals surface area contributed by atoms with Gasteiger partial charge in [0.1, 0.15) is 5.65 Å². The molecular formula is C16H16N4O. The highest BCUT2D eigenvalue weighted by molar-refractivity contribution is 5.95. The highest BCUT2D eigenvalue weighted by Gasteiger charge is 2.07. The van der Waals surface area contributed by atoms with E-state index in [4.69, 9.17) is 5.73 Å². The van der Waals surface area contributed by atoms with Crippen LogP contribution < -0.4 is 11.1 Å². The minimum Gasteiger partial charge on any atom is -0.381 e. The average Bonchev–Trinajstić information content (AvgIpc) is 2.95. The van der Waals surface area contributed by atoms with Crippen molar-refractivity contribution in [2.45, 2.75) is 13.5 Å². The SMILES string of the molecule is Cc1ccc(NCc2ccnc3[nH]ccc23)cc1C(N)=O. The fourth-order valence-electron chi connectivity index (χ4n) is 2.37. The number of rotatable bonds is 4. The highest BCUT2D eigenvalue weighted by Crippen LogP contribution is 2.19. The molecule has 0 spiro atoms. The number of nitrogens with one attached hydrogen (secondary N) is 2. The monoisotopic (exact) mass is 280 g/mol. The van der Waals surface area contributed by atoms with Gasteiger partial charge in [-0.1, -0.05) is 6.07 Å². The molecule has 0 saturated heterocycles. The number of aryl methyl sites for hydroxylation is 1. The van der Waals surface area contributed by atoms with E-state index in [9.17, 15) is 4.79 Å². The second kappa shape index (κ2) is 5.28. The first-order valence-electron chi connectivity index (χ1n) is 6.70. The van der Waals surface area contributed by atoms with E-state index < -0.39 is 5.91 Å². The van der Waals surface area contributed by atoms with E-state index >= 15 is 0 Å². The van der Waals surface area contributed by atoms with E-state index in [1.807, 2.05) is 37.4 Å². The van der Waals surface area contributed by atoms with Crippen molar-refractivity contribution >= 4 is 22.6 Å². The van der Waals surface area contributed by atoms with Crippen LogP contribution in [0.25, 0.3) is 11.0 Å². The Balaban J connectivity index is 1.83. The van der Waals surface area contributed by atoms with Crippen LogP contribution in [-0.2, 0) is 6.54 Å². The molecule has 2 heterocycles. The summed E-state index contributed by atoms with van der Waals surface area (Å²) < 4.78 is 0. The van der Waals surface area contributed by atoms with Gasteiger partial charge < -0.3 is 16.0 Å². The normalized spacial score (nSPS) is 10.7. The van der Waals surface area contributed by atoms with Gasteiger partial charge in [-0.15, -0.1) is 0 Å². The molecule has 106 valence electrons. The lowest BCUT2D eigenvalue weighted by Gasteiger charge is -2.10. The molecule has 0 fully saturated rings. The van der Waals surface area contributed by atoms with Crippen LogP contribution in [0.3, 0.4) is 0 Å². The van der Waals surface area contributed by atoms with E-state index in [2.05, 4.69) is 15.3 Å². The van der Waals surface area contributed by atoms with Crippen LogP contribution in [0.5, 0.6) is 0 Å². The van der Waals surface area contributed by atoms with Crippen LogP contribution in [0.15, 0.2) is 42.7 Å². The van der Waals surface area contributed by atoms with Gasteiger partial charge in [-0.05, 0) is 42.3 Å². The molecule has 4 N–H and O–H groups in total. The molecule has 2 aromatic heterocycles. The van der Waals surface area contributed by atoms with Crippen molar-refractivity contribution in [2.75, 3.05) is 5.32 Å². The number of amides is 1. The maximum atomic E-state index is 11.4. The summed E-state index contributed by atoms with van der Waals surface area (Å²) in [6, 6.07) is 9.60. The molecule has 0 unspecified atom stereocenters. The predicted octanol–water partition coefficient (Wildman–Crippen LogP) is 2.58. The van der Waals surface area contributed by atoms with Gasteiger partial charge in [0.15, 0.2) is 0 Å². The molecule has 0 atom stereocenters. The number of carbonyl (C=O) groups excluding carboxylic acids is 1. The van der Waals surface area contributed by atoms with Gasteiger partial charge in [-0.25, -0.2) is 4.98 Å². The molecule has 0 aliphatic carbocycles. The summed E-state index contributed by atoms with van der Waals surface area (Å²) in [6.07, 6.45) is 3.65. The topological polar surface area (TPSA) is 83.8 Å². The largest absolute Gasteiger partial charge is 0.381 e. The van der Waals surface area contributed by atoms with Crippen molar-refractivity contribution < 1.29 is 4.79 Å². The van der Waals surface area contributed by atoms with Crippen LogP contribution >= 0.6 is 0 Å². The lowest BCUT2D eigenvalue weighted by Crippen LogP contribution is -2.13. The summed E-state index contributed by atoms with van der Waals surface area (Å²) >= 11 is 0. The van der Waals surface area contributed by atoms with Gasteiger partial charge in [0.25, 0.3) is 0 Å². The van der Waals surface area contributed by atoms with Gasteiger partial charge in [0, 0.05) is 35.6 Å². The number of aromatic nitrogens is 2. The molecule has 0 aliphatic heterocycles. The van der Waals surface area contributed by atoms with E-state index in [-0.39, 0.29) is 0 Å². The third-order valence-electron chi connectivity index (χ3n) is 3.54. The zero-order valence-corrected chi connectivity index (χ0v) is 11.7. The van der Waals surface area contributed by atoms with Crippen molar-refractivity contribution in [1.82, 2.24) is 9.97 Å². The van der Waals surface area contributed by atoms with Crippen LogP contribution in [0.4, 0.5) is 5.69 Å². The Morgan fingerprint density at radius 3 is 3.00 bits per heavy atom. The van der Waals surface area contributed by atoms with Crippen LogP contribution in [-0.4, -0.2) is 15.9 Å². The van der Waals surface area contributed by atoms with E-state index in [0.29, 0.717) is 12.1 Å². The van der Waals surface area contributed by atoms with Gasteiger partial charge in [0.05, 0.1) is 0 Å². The van der Waals surface area contributed by atoms with Gasteiger partial charge in [0.2, 0.25) is 5.91 Å². The number of fused-ring (bicyclic) bond motifs is 1. The molecule has 21 heavy (non-hydrogen) atoms. The van der Waals surface area contributed by atoms with Crippen molar-refractivity contribution in [1.29, 1.82) is 0 Å². The number of anilines is 1. The first-order chi connectivity index (χ1) is 10.1.